The van der Waals surface area contributed by atoms with Gasteiger partial charge in [-0.25, -0.2) is 15.0 Å². The lowest BCUT2D eigenvalue weighted by Crippen LogP contribution is -1.97. The second-order valence-electron chi connectivity index (χ2n) is 7.38. The third-order valence-electron chi connectivity index (χ3n) is 5.10. The average Bonchev–Trinajstić information content (AvgIpc) is 3.21. The van der Waals surface area contributed by atoms with Gasteiger partial charge < -0.3 is 10.3 Å². The van der Waals surface area contributed by atoms with Gasteiger partial charge in [0.25, 0.3) is 0 Å². The summed E-state index contributed by atoms with van der Waals surface area (Å²) in [6, 6.07) is 24.1. The molecule has 0 aliphatic heterocycles. The van der Waals surface area contributed by atoms with Crippen LogP contribution in [0.15, 0.2) is 85.3 Å². The van der Waals surface area contributed by atoms with Gasteiger partial charge in [0.2, 0.25) is 0 Å². The van der Waals surface area contributed by atoms with Crippen LogP contribution in [0.25, 0.3) is 23.2 Å². The van der Waals surface area contributed by atoms with Crippen LogP contribution in [0.1, 0.15) is 22.5 Å². The van der Waals surface area contributed by atoms with Crippen LogP contribution in [-0.4, -0.2) is 19.9 Å². The third-order valence-corrected chi connectivity index (χ3v) is 5.44. The second-order valence-corrected chi connectivity index (χ2v) is 7.79. The van der Waals surface area contributed by atoms with Crippen molar-refractivity contribution in [3.63, 3.8) is 0 Å². The van der Waals surface area contributed by atoms with Gasteiger partial charge in [-0.2, -0.15) is 0 Å². The molecule has 5 nitrogen and oxygen atoms in total. The highest BCUT2D eigenvalue weighted by atomic mass is 35.5. The molecular formula is C26H20ClN5. The number of aromatic nitrogens is 4. The van der Waals surface area contributed by atoms with Crippen LogP contribution in [0, 0.1) is 0 Å². The molecule has 6 heteroatoms. The molecule has 3 aromatic carbocycles. The Morgan fingerprint density at radius 1 is 0.906 bits per heavy atom. The largest absolute Gasteiger partial charge is 0.342 e. The molecule has 5 rings (SSSR count). The van der Waals surface area contributed by atoms with Gasteiger partial charge in [-0.1, -0.05) is 66.2 Å². The molecule has 32 heavy (non-hydrogen) atoms. The summed E-state index contributed by atoms with van der Waals surface area (Å²) < 4.78 is 0. The SMILES string of the molecule is Clc1ccccc1/C=C/c1cncnc1Nc1ccc2nc(Cc3ccccc3)[nH]c2c1. The fourth-order valence-corrected chi connectivity index (χ4v) is 3.71. The van der Waals surface area contributed by atoms with E-state index in [4.69, 9.17) is 16.6 Å². The Labute approximate surface area is 190 Å². The van der Waals surface area contributed by atoms with E-state index in [-0.39, 0.29) is 0 Å². The van der Waals surface area contributed by atoms with E-state index in [1.54, 1.807) is 6.20 Å². The van der Waals surface area contributed by atoms with Crippen LogP contribution in [0.4, 0.5) is 11.5 Å². The van der Waals surface area contributed by atoms with Gasteiger partial charge in [0.1, 0.15) is 18.0 Å². The van der Waals surface area contributed by atoms with Crippen LogP contribution in [0.2, 0.25) is 5.02 Å². The summed E-state index contributed by atoms with van der Waals surface area (Å²) >= 11 is 6.26. The minimum absolute atomic E-state index is 0.700. The molecule has 2 aromatic heterocycles. The number of imidazole rings is 1. The molecule has 2 N–H and O–H groups in total. The second kappa shape index (κ2) is 9.04. The molecule has 0 bridgehead atoms. The molecule has 0 radical (unpaired) electrons. The fraction of sp³-hybridized carbons (Fsp3) is 0.0385. The zero-order valence-corrected chi connectivity index (χ0v) is 17.9. The van der Waals surface area contributed by atoms with Gasteiger partial charge in [0, 0.05) is 28.9 Å². The Kier molecular flexibility index (Phi) is 5.64. The van der Waals surface area contributed by atoms with E-state index in [1.165, 1.54) is 11.9 Å². The maximum absolute atomic E-state index is 6.26. The first-order valence-corrected chi connectivity index (χ1v) is 10.6. The van der Waals surface area contributed by atoms with Crippen molar-refractivity contribution in [2.24, 2.45) is 0 Å². The van der Waals surface area contributed by atoms with Gasteiger partial charge >= 0.3 is 0 Å². The van der Waals surface area contributed by atoms with E-state index in [2.05, 4.69) is 32.4 Å². The average molecular weight is 438 g/mol. The summed E-state index contributed by atoms with van der Waals surface area (Å²) in [4.78, 5) is 16.7. The molecule has 5 aromatic rings. The zero-order chi connectivity index (χ0) is 21.8. The Bertz CT molecular complexity index is 1390. The lowest BCUT2D eigenvalue weighted by atomic mass is 10.1. The van der Waals surface area contributed by atoms with E-state index in [9.17, 15) is 0 Å². The van der Waals surface area contributed by atoms with E-state index in [0.717, 1.165) is 40.1 Å². The van der Waals surface area contributed by atoms with E-state index in [0.29, 0.717) is 10.8 Å². The van der Waals surface area contributed by atoms with Gasteiger partial charge in [-0.05, 0) is 41.5 Å². The van der Waals surface area contributed by atoms with Crippen LogP contribution in [-0.2, 0) is 6.42 Å². The third kappa shape index (κ3) is 4.53. The number of nitrogens with zero attached hydrogens (tertiary/aromatic N) is 3. The van der Waals surface area contributed by atoms with Crippen molar-refractivity contribution < 1.29 is 0 Å². The molecule has 156 valence electrons. The highest BCUT2D eigenvalue weighted by Crippen LogP contribution is 2.24. The van der Waals surface area contributed by atoms with Gasteiger partial charge in [0.15, 0.2) is 0 Å². The van der Waals surface area contributed by atoms with Crippen LogP contribution < -0.4 is 5.32 Å². The fourth-order valence-electron chi connectivity index (χ4n) is 3.51. The predicted molar refractivity (Wildman–Crippen MR) is 131 cm³/mol. The molecule has 0 saturated heterocycles. The predicted octanol–water partition coefficient (Wildman–Crippen LogP) is 6.51. The first-order chi connectivity index (χ1) is 15.7. The number of aromatic amines is 1. The minimum Gasteiger partial charge on any atom is -0.342 e. The number of hydrogen-bond donors (Lipinski definition) is 2. The highest BCUT2D eigenvalue weighted by molar-refractivity contribution is 6.32. The van der Waals surface area contributed by atoms with Crippen LogP contribution in [0.3, 0.4) is 0 Å². The number of nitrogens with one attached hydrogen (secondary N) is 2. The van der Waals surface area contributed by atoms with E-state index >= 15 is 0 Å². The lowest BCUT2D eigenvalue weighted by molar-refractivity contribution is 1.04. The van der Waals surface area contributed by atoms with Gasteiger partial charge in [-0.15, -0.1) is 0 Å². The molecule has 2 heterocycles. The Morgan fingerprint density at radius 2 is 1.72 bits per heavy atom. The summed E-state index contributed by atoms with van der Waals surface area (Å²) in [7, 11) is 0. The van der Waals surface area contributed by atoms with Crippen molar-refractivity contribution in [3.05, 3.63) is 113 Å². The van der Waals surface area contributed by atoms with Crippen molar-refractivity contribution >= 4 is 46.3 Å². The monoisotopic (exact) mass is 437 g/mol. The number of anilines is 2. The maximum Gasteiger partial charge on any atom is 0.141 e. The van der Waals surface area contributed by atoms with E-state index < -0.39 is 0 Å². The van der Waals surface area contributed by atoms with Gasteiger partial charge in [0.05, 0.1) is 11.0 Å². The Hall–Kier alpha value is -3.96. The Balaban J connectivity index is 1.38. The van der Waals surface area contributed by atoms with Crippen molar-refractivity contribution in [2.75, 3.05) is 5.32 Å². The highest BCUT2D eigenvalue weighted by Gasteiger charge is 2.07. The number of rotatable bonds is 6. The first kappa shape index (κ1) is 20.0. The van der Waals surface area contributed by atoms with Gasteiger partial charge in [-0.3, -0.25) is 0 Å². The number of benzene rings is 3. The quantitative estimate of drug-likeness (QED) is 0.317. The van der Waals surface area contributed by atoms with E-state index in [1.807, 2.05) is 72.8 Å². The first-order valence-electron chi connectivity index (χ1n) is 10.3. The number of hydrogen-bond acceptors (Lipinski definition) is 4. The summed E-state index contributed by atoms with van der Waals surface area (Å²) in [5, 5.41) is 4.09. The van der Waals surface area contributed by atoms with Crippen LogP contribution >= 0.6 is 11.6 Å². The normalized spacial score (nSPS) is 11.3. The van der Waals surface area contributed by atoms with Crippen molar-refractivity contribution in [1.29, 1.82) is 0 Å². The molecular weight excluding hydrogens is 418 g/mol. The maximum atomic E-state index is 6.26. The van der Waals surface area contributed by atoms with Crippen molar-refractivity contribution in [1.82, 2.24) is 19.9 Å². The molecule has 0 atom stereocenters. The Morgan fingerprint density at radius 3 is 2.59 bits per heavy atom. The molecule has 0 spiro atoms. The summed E-state index contributed by atoms with van der Waals surface area (Å²) in [5.74, 6) is 1.65. The molecule has 0 aliphatic carbocycles. The summed E-state index contributed by atoms with van der Waals surface area (Å²) in [6.07, 6.45) is 7.98. The molecule has 0 aliphatic rings. The molecule has 0 saturated carbocycles. The summed E-state index contributed by atoms with van der Waals surface area (Å²) in [6.45, 7) is 0. The smallest absolute Gasteiger partial charge is 0.141 e. The van der Waals surface area contributed by atoms with Crippen molar-refractivity contribution in [2.45, 2.75) is 6.42 Å². The number of H-pyrrole nitrogens is 1. The topological polar surface area (TPSA) is 66.5 Å². The standard InChI is InChI=1S/C26H20ClN5/c27-22-9-5-4-8-19(22)10-11-20-16-28-17-29-26(20)30-21-12-13-23-24(15-21)32-25(31-23)14-18-6-2-1-3-7-18/h1-13,15-17H,14H2,(H,31,32)(H,28,29,30)/b11-10+. The molecule has 0 amide bonds. The number of fused-ring (bicyclic) bond motifs is 1. The lowest BCUT2D eigenvalue weighted by Gasteiger charge is -2.08. The minimum atomic E-state index is 0.700. The molecule has 0 fully saturated rings. The van der Waals surface area contributed by atoms with Crippen LogP contribution in [0.5, 0.6) is 0 Å². The van der Waals surface area contributed by atoms with Crippen molar-refractivity contribution in [3.8, 4) is 0 Å². The zero-order valence-electron chi connectivity index (χ0n) is 17.2. The number of halogens is 1. The summed E-state index contributed by atoms with van der Waals surface area (Å²) in [5.41, 5.74) is 5.85. The molecule has 0 unspecified atom stereocenters.